The van der Waals surface area contributed by atoms with Crippen molar-refractivity contribution in [3.05, 3.63) is 12.3 Å². The van der Waals surface area contributed by atoms with Gasteiger partial charge in [0.25, 0.3) is 0 Å². The van der Waals surface area contributed by atoms with Crippen molar-refractivity contribution in [3.8, 4) is 5.88 Å². The number of anilines is 1. The summed E-state index contributed by atoms with van der Waals surface area (Å²) < 4.78 is 10.2. The van der Waals surface area contributed by atoms with E-state index in [0.717, 1.165) is 0 Å². The van der Waals surface area contributed by atoms with Crippen molar-refractivity contribution in [2.75, 3.05) is 32.2 Å². The summed E-state index contributed by atoms with van der Waals surface area (Å²) in [6.45, 7) is 3.52. The van der Waals surface area contributed by atoms with Gasteiger partial charge in [-0.1, -0.05) is 0 Å². The first-order chi connectivity index (χ1) is 7.76. The number of alkyl halides is 1. The summed E-state index contributed by atoms with van der Waals surface area (Å²) in [6.07, 6.45) is 1.64. The molecule has 0 saturated carbocycles. The van der Waals surface area contributed by atoms with Crippen LogP contribution in [-0.2, 0) is 4.74 Å². The van der Waals surface area contributed by atoms with E-state index in [9.17, 15) is 0 Å². The molecule has 1 aromatic rings. The quantitative estimate of drug-likeness (QED) is 0.739. The normalized spacial score (nSPS) is 12.2. The Morgan fingerprint density at radius 1 is 1.56 bits per heavy atom. The van der Waals surface area contributed by atoms with Crippen molar-refractivity contribution >= 4 is 17.5 Å². The van der Waals surface area contributed by atoms with Crippen molar-refractivity contribution < 1.29 is 9.47 Å². The van der Waals surface area contributed by atoms with Gasteiger partial charge in [0.1, 0.15) is 0 Å². The zero-order valence-corrected chi connectivity index (χ0v) is 10.2. The third-order valence-electron chi connectivity index (χ3n) is 1.75. The lowest BCUT2D eigenvalue weighted by molar-refractivity contribution is 0.200. The van der Waals surface area contributed by atoms with E-state index in [0.29, 0.717) is 31.6 Å². The third-order valence-corrected chi connectivity index (χ3v) is 2.03. The lowest BCUT2D eigenvalue weighted by Crippen LogP contribution is -2.20. The van der Waals surface area contributed by atoms with Crippen LogP contribution in [0.1, 0.15) is 6.92 Å². The molecule has 90 valence electrons. The number of halogens is 1. The number of nitrogens with zero attached hydrogens (tertiary/aromatic N) is 2. The Balaban J connectivity index is 2.44. The van der Waals surface area contributed by atoms with E-state index in [1.165, 1.54) is 0 Å². The highest BCUT2D eigenvalue weighted by atomic mass is 35.5. The Bertz CT molecular complexity index is 312. The van der Waals surface area contributed by atoms with Gasteiger partial charge in [-0.05, 0) is 6.92 Å². The second kappa shape index (κ2) is 7.24. The van der Waals surface area contributed by atoms with Gasteiger partial charge in [0.2, 0.25) is 11.8 Å². The van der Waals surface area contributed by atoms with E-state index in [1.54, 1.807) is 19.4 Å². The molecule has 0 bridgehead atoms. The van der Waals surface area contributed by atoms with Crippen LogP contribution in [-0.4, -0.2) is 42.2 Å². The highest BCUT2D eigenvalue weighted by Gasteiger charge is 2.05. The third kappa shape index (κ3) is 4.63. The number of rotatable bonds is 7. The van der Waals surface area contributed by atoms with E-state index in [1.807, 2.05) is 6.92 Å². The van der Waals surface area contributed by atoms with Gasteiger partial charge in [-0.2, -0.15) is 4.98 Å². The fourth-order valence-electron chi connectivity index (χ4n) is 1.10. The average Bonchev–Trinajstić information content (AvgIpc) is 2.28. The number of nitrogens with one attached hydrogen (secondary N) is 1. The Labute approximate surface area is 100 Å². The van der Waals surface area contributed by atoms with Gasteiger partial charge in [0.05, 0.1) is 18.6 Å². The molecule has 0 aliphatic heterocycles. The molecule has 0 radical (unpaired) electrons. The molecule has 1 heterocycles. The monoisotopic (exact) mass is 245 g/mol. The van der Waals surface area contributed by atoms with Gasteiger partial charge in [-0.25, -0.2) is 4.98 Å². The van der Waals surface area contributed by atoms with Crippen molar-refractivity contribution in [2.45, 2.75) is 12.3 Å². The van der Waals surface area contributed by atoms with Gasteiger partial charge >= 0.3 is 0 Å². The molecular formula is C10H16ClN3O2. The van der Waals surface area contributed by atoms with E-state index >= 15 is 0 Å². The standard InChI is InChI=1S/C10H16ClN3O2/c1-3-16-9-4-5-12-10(14-9)13-6-8(11)7-15-2/h4-5,8H,3,6-7H2,1-2H3,(H,12,13,14). The van der Waals surface area contributed by atoms with Gasteiger partial charge < -0.3 is 14.8 Å². The fraction of sp³-hybridized carbons (Fsp3) is 0.600. The predicted octanol–water partition coefficient (Wildman–Crippen LogP) is 1.54. The van der Waals surface area contributed by atoms with Gasteiger partial charge in [0.15, 0.2) is 0 Å². The number of ether oxygens (including phenoxy) is 2. The van der Waals surface area contributed by atoms with Crippen LogP contribution in [0.5, 0.6) is 5.88 Å². The zero-order chi connectivity index (χ0) is 11.8. The van der Waals surface area contributed by atoms with Crippen molar-refractivity contribution in [1.82, 2.24) is 9.97 Å². The van der Waals surface area contributed by atoms with Crippen molar-refractivity contribution in [2.24, 2.45) is 0 Å². The van der Waals surface area contributed by atoms with Crippen molar-refractivity contribution in [3.63, 3.8) is 0 Å². The molecule has 0 aromatic carbocycles. The Kier molecular flexibility index (Phi) is 5.88. The maximum atomic E-state index is 5.96. The summed E-state index contributed by atoms with van der Waals surface area (Å²) in [5.74, 6) is 1.06. The summed E-state index contributed by atoms with van der Waals surface area (Å²) in [4.78, 5) is 8.20. The maximum absolute atomic E-state index is 5.96. The Morgan fingerprint density at radius 3 is 3.06 bits per heavy atom. The topological polar surface area (TPSA) is 56.3 Å². The number of aromatic nitrogens is 2. The highest BCUT2D eigenvalue weighted by molar-refractivity contribution is 6.21. The zero-order valence-electron chi connectivity index (χ0n) is 9.44. The first-order valence-corrected chi connectivity index (χ1v) is 5.52. The van der Waals surface area contributed by atoms with Crippen LogP contribution in [0.2, 0.25) is 0 Å². The van der Waals surface area contributed by atoms with Crippen LogP contribution in [0.3, 0.4) is 0 Å². The highest BCUT2D eigenvalue weighted by Crippen LogP contribution is 2.08. The van der Waals surface area contributed by atoms with E-state index in [4.69, 9.17) is 21.1 Å². The number of methoxy groups -OCH3 is 1. The predicted molar refractivity (Wildman–Crippen MR) is 63.2 cm³/mol. The SMILES string of the molecule is CCOc1ccnc(NCC(Cl)COC)n1. The smallest absolute Gasteiger partial charge is 0.225 e. The van der Waals surface area contributed by atoms with Gasteiger partial charge in [-0.3, -0.25) is 0 Å². The minimum absolute atomic E-state index is 0.107. The summed E-state index contributed by atoms with van der Waals surface area (Å²) in [7, 11) is 1.61. The second-order valence-electron chi connectivity index (χ2n) is 3.09. The van der Waals surface area contributed by atoms with Crippen LogP contribution >= 0.6 is 11.6 Å². The summed E-state index contributed by atoms with van der Waals surface area (Å²) in [6, 6.07) is 1.71. The second-order valence-corrected chi connectivity index (χ2v) is 3.70. The van der Waals surface area contributed by atoms with Gasteiger partial charge in [-0.15, -0.1) is 11.6 Å². The molecule has 0 aliphatic carbocycles. The first kappa shape index (κ1) is 13.0. The average molecular weight is 246 g/mol. The molecule has 0 amide bonds. The molecule has 1 N–H and O–H groups in total. The molecule has 0 aliphatic rings. The van der Waals surface area contributed by atoms with Crippen LogP contribution in [0.15, 0.2) is 12.3 Å². The van der Waals surface area contributed by atoms with E-state index in [2.05, 4.69) is 15.3 Å². The molecule has 0 fully saturated rings. The van der Waals surface area contributed by atoms with E-state index in [-0.39, 0.29) is 5.38 Å². The lowest BCUT2D eigenvalue weighted by atomic mass is 10.4. The van der Waals surface area contributed by atoms with Gasteiger partial charge in [0, 0.05) is 25.9 Å². The van der Waals surface area contributed by atoms with Crippen LogP contribution in [0.4, 0.5) is 5.95 Å². The largest absolute Gasteiger partial charge is 0.478 e. The molecule has 0 spiro atoms. The molecule has 1 atom stereocenters. The molecule has 1 unspecified atom stereocenters. The lowest BCUT2D eigenvalue weighted by Gasteiger charge is -2.10. The Hall–Kier alpha value is -1.07. The van der Waals surface area contributed by atoms with Crippen LogP contribution in [0, 0.1) is 0 Å². The molecule has 0 saturated heterocycles. The minimum Gasteiger partial charge on any atom is -0.478 e. The molecular weight excluding hydrogens is 230 g/mol. The van der Waals surface area contributed by atoms with E-state index < -0.39 is 0 Å². The number of hydrogen-bond acceptors (Lipinski definition) is 5. The Morgan fingerprint density at radius 2 is 2.38 bits per heavy atom. The van der Waals surface area contributed by atoms with Crippen LogP contribution in [0.25, 0.3) is 0 Å². The number of hydrogen-bond donors (Lipinski definition) is 1. The molecule has 16 heavy (non-hydrogen) atoms. The molecule has 1 rings (SSSR count). The summed E-state index contributed by atoms with van der Waals surface area (Å²) >= 11 is 5.96. The summed E-state index contributed by atoms with van der Waals surface area (Å²) in [5.41, 5.74) is 0. The molecule has 5 nitrogen and oxygen atoms in total. The molecule has 6 heteroatoms. The molecule has 1 aromatic heterocycles. The van der Waals surface area contributed by atoms with Crippen molar-refractivity contribution in [1.29, 1.82) is 0 Å². The van der Waals surface area contributed by atoms with Crippen LogP contribution < -0.4 is 10.1 Å². The fourth-order valence-corrected chi connectivity index (χ4v) is 1.30. The first-order valence-electron chi connectivity index (χ1n) is 5.09. The summed E-state index contributed by atoms with van der Waals surface area (Å²) in [5, 5.41) is 2.91. The minimum atomic E-state index is -0.107. The maximum Gasteiger partial charge on any atom is 0.225 e.